The van der Waals surface area contributed by atoms with Gasteiger partial charge < -0.3 is 0 Å². The van der Waals surface area contributed by atoms with Crippen molar-refractivity contribution in [3.8, 4) is 0 Å². The molecule has 2 aliphatic carbocycles. The minimum absolute atomic E-state index is 0.132. The van der Waals surface area contributed by atoms with E-state index in [4.69, 9.17) is 21.8 Å². The molecule has 2 saturated carbocycles. The van der Waals surface area contributed by atoms with Gasteiger partial charge in [-0.1, -0.05) is 0 Å². The van der Waals surface area contributed by atoms with Gasteiger partial charge in [0.2, 0.25) is 11.8 Å². The van der Waals surface area contributed by atoms with Gasteiger partial charge in [0.1, 0.15) is 5.60 Å². The summed E-state index contributed by atoms with van der Waals surface area (Å²) in [5, 5.41) is 0. The standard InChI is InChI=1S/C7H13NOPS/c8-10(11)9-7-3-1-6(5-7)2-4-7/h6H,1-5H2,(H2,8,11)/q+1. The van der Waals surface area contributed by atoms with Crippen LogP contribution in [-0.2, 0) is 16.3 Å². The third kappa shape index (κ3) is 1.48. The lowest BCUT2D eigenvalue weighted by atomic mass is 9.98. The number of fused-ring (bicyclic) bond motifs is 2. The summed E-state index contributed by atoms with van der Waals surface area (Å²) in [6, 6.07) is 0. The SMILES string of the molecule is N[P+](=S)OC12CCC(CC1)C2. The Morgan fingerprint density at radius 2 is 2.09 bits per heavy atom. The van der Waals surface area contributed by atoms with Crippen molar-refractivity contribution >= 4 is 18.9 Å². The Morgan fingerprint density at radius 1 is 1.45 bits per heavy atom. The van der Waals surface area contributed by atoms with Gasteiger partial charge in [0.25, 0.3) is 0 Å². The van der Waals surface area contributed by atoms with Crippen molar-refractivity contribution in [3.05, 3.63) is 0 Å². The van der Waals surface area contributed by atoms with Crippen molar-refractivity contribution in [2.45, 2.75) is 37.7 Å². The highest BCUT2D eigenvalue weighted by atomic mass is 32.4. The Bertz CT molecular complexity index is 189. The molecular formula is C7H13NOPS+. The maximum atomic E-state index is 5.65. The molecule has 2 nitrogen and oxygen atoms in total. The lowest BCUT2D eigenvalue weighted by molar-refractivity contribution is 0.101. The molecule has 1 atom stereocenters. The average Bonchev–Trinajstić information content (AvgIpc) is 2.43. The molecule has 2 fully saturated rings. The number of hydrogen-bond acceptors (Lipinski definition) is 2. The molecule has 0 aromatic rings. The molecule has 1 unspecified atom stereocenters. The lowest BCUT2D eigenvalue weighted by Crippen LogP contribution is -2.24. The second-order valence-electron chi connectivity index (χ2n) is 3.71. The van der Waals surface area contributed by atoms with Gasteiger partial charge >= 0.3 is 7.07 Å². The summed E-state index contributed by atoms with van der Waals surface area (Å²) in [5.41, 5.74) is 5.64. The Hall–Kier alpha value is 0.440. The van der Waals surface area contributed by atoms with Gasteiger partial charge in [-0.3, -0.25) is 0 Å². The number of hydrogen-bond donors (Lipinski definition) is 1. The molecule has 0 radical (unpaired) electrons. The molecule has 0 spiro atoms. The fourth-order valence-corrected chi connectivity index (χ4v) is 3.57. The Balaban J connectivity index is 2.05. The van der Waals surface area contributed by atoms with E-state index in [1.165, 1.54) is 32.1 Å². The van der Waals surface area contributed by atoms with E-state index in [-0.39, 0.29) is 5.60 Å². The fourth-order valence-electron chi connectivity index (χ4n) is 2.46. The van der Waals surface area contributed by atoms with Crippen molar-refractivity contribution < 1.29 is 4.52 Å². The first kappa shape index (κ1) is 8.06. The highest BCUT2D eigenvalue weighted by molar-refractivity contribution is 8.01. The van der Waals surface area contributed by atoms with Crippen LogP contribution in [0.1, 0.15) is 32.1 Å². The monoisotopic (exact) mass is 190 g/mol. The number of rotatable bonds is 2. The van der Waals surface area contributed by atoms with Crippen LogP contribution in [-0.4, -0.2) is 5.60 Å². The third-order valence-corrected chi connectivity index (χ3v) is 3.75. The lowest BCUT2D eigenvalue weighted by Gasteiger charge is -2.18. The molecule has 2 aliphatic rings. The van der Waals surface area contributed by atoms with Gasteiger partial charge in [0, 0.05) is 0 Å². The summed E-state index contributed by atoms with van der Waals surface area (Å²) in [4.78, 5) is 0. The molecule has 62 valence electrons. The van der Waals surface area contributed by atoms with Gasteiger partial charge in [-0.05, 0) is 38.0 Å². The molecule has 4 heteroatoms. The molecule has 2 bridgehead atoms. The van der Waals surface area contributed by atoms with Crippen LogP contribution in [0, 0.1) is 5.92 Å². The molecule has 0 heterocycles. The first-order valence-electron chi connectivity index (χ1n) is 4.11. The average molecular weight is 190 g/mol. The van der Waals surface area contributed by atoms with Crippen LogP contribution in [0.4, 0.5) is 0 Å². The van der Waals surface area contributed by atoms with E-state index in [1.807, 2.05) is 0 Å². The fraction of sp³-hybridized carbons (Fsp3) is 1.00. The van der Waals surface area contributed by atoms with E-state index in [9.17, 15) is 0 Å². The zero-order valence-corrected chi connectivity index (χ0v) is 8.16. The van der Waals surface area contributed by atoms with Crippen LogP contribution >= 0.6 is 7.07 Å². The van der Waals surface area contributed by atoms with Crippen molar-refractivity contribution in [2.24, 2.45) is 11.4 Å². The smallest absolute Gasteiger partial charge is 0.146 e. The van der Waals surface area contributed by atoms with Crippen molar-refractivity contribution in [1.82, 2.24) is 0 Å². The molecule has 2 N–H and O–H groups in total. The molecule has 0 amide bonds. The maximum absolute atomic E-state index is 5.65. The van der Waals surface area contributed by atoms with Crippen LogP contribution in [0.3, 0.4) is 0 Å². The van der Waals surface area contributed by atoms with Gasteiger partial charge in [0.05, 0.1) is 0 Å². The second-order valence-corrected chi connectivity index (χ2v) is 5.54. The van der Waals surface area contributed by atoms with Gasteiger partial charge in [-0.15, -0.1) is 10.0 Å². The Morgan fingerprint density at radius 3 is 2.45 bits per heavy atom. The second kappa shape index (κ2) is 2.74. The summed E-state index contributed by atoms with van der Waals surface area (Å²) >= 11 is 4.89. The van der Waals surface area contributed by atoms with Crippen LogP contribution < -0.4 is 5.50 Å². The third-order valence-electron chi connectivity index (χ3n) is 2.96. The summed E-state index contributed by atoms with van der Waals surface area (Å²) in [6.07, 6.45) is 6.28. The normalized spacial score (nSPS) is 43.0. The Labute approximate surface area is 73.0 Å². The predicted octanol–water partition coefficient (Wildman–Crippen LogP) is 2.07. The van der Waals surface area contributed by atoms with Crippen molar-refractivity contribution in [1.29, 1.82) is 0 Å². The van der Waals surface area contributed by atoms with Crippen molar-refractivity contribution in [3.63, 3.8) is 0 Å². The first-order valence-corrected chi connectivity index (χ1v) is 6.46. The van der Waals surface area contributed by atoms with E-state index >= 15 is 0 Å². The zero-order chi connectivity index (χ0) is 7.90. The number of nitrogens with two attached hydrogens (primary N) is 1. The predicted molar refractivity (Wildman–Crippen MR) is 48.9 cm³/mol. The van der Waals surface area contributed by atoms with Crippen molar-refractivity contribution in [2.75, 3.05) is 0 Å². The summed E-state index contributed by atoms with van der Waals surface area (Å²) in [6.45, 7) is 0. The van der Waals surface area contributed by atoms with Gasteiger partial charge in [0.15, 0.2) is 0 Å². The highest BCUT2D eigenvalue weighted by Crippen LogP contribution is 2.52. The minimum atomic E-state index is -1.06. The van der Waals surface area contributed by atoms with Crippen LogP contribution in [0.5, 0.6) is 0 Å². The van der Waals surface area contributed by atoms with E-state index < -0.39 is 7.07 Å². The highest BCUT2D eigenvalue weighted by Gasteiger charge is 2.49. The topological polar surface area (TPSA) is 35.2 Å². The zero-order valence-electron chi connectivity index (χ0n) is 6.45. The van der Waals surface area contributed by atoms with E-state index in [2.05, 4.69) is 0 Å². The van der Waals surface area contributed by atoms with Gasteiger partial charge in [-0.2, -0.15) is 0 Å². The summed E-state index contributed by atoms with van der Waals surface area (Å²) in [5.74, 6) is 0.917. The molecular weight excluding hydrogens is 177 g/mol. The van der Waals surface area contributed by atoms with E-state index in [1.54, 1.807) is 0 Å². The molecule has 11 heavy (non-hydrogen) atoms. The summed E-state index contributed by atoms with van der Waals surface area (Å²) in [7, 11) is -1.06. The van der Waals surface area contributed by atoms with Crippen LogP contribution in [0.15, 0.2) is 0 Å². The maximum Gasteiger partial charge on any atom is 0.437 e. The van der Waals surface area contributed by atoms with Crippen LogP contribution in [0.25, 0.3) is 0 Å². The summed E-state index contributed by atoms with van der Waals surface area (Å²) < 4.78 is 5.65. The minimum Gasteiger partial charge on any atom is -0.146 e. The molecule has 0 aromatic heterocycles. The van der Waals surface area contributed by atoms with Gasteiger partial charge in [-0.25, -0.2) is 0 Å². The largest absolute Gasteiger partial charge is 0.437 e. The molecule has 2 rings (SSSR count). The molecule has 0 aromatic carbocycles. The first-order chi connectivity index (χ1) is 5.20. The van der Waals surface area contributed by atoms with Crippen LogP contribution in [0.2, 0.25) is 0 Å². The Kier molecular flexibility index (Phi) is 2.00. The molecule has 0 aliphatic heterocycles. The quantitative estimate of drug-likeness (QED) is 0.677. The van der Waals surface area contributed by atoms with E-state index in [0.29, 0.717) is 0 Å². The molecule has 0 saturated heterocycles. The van der Waals surface area contributed by atoms with E-state index in [0.717, 1.165) is 5.92 Å².